The van der Waals surface area contributed by atoms with Crippen LogP contribution in [0.15, 0.2) is 18.3 Å². The van der Waals surface area contributed by atoms with E-state index in [0.29, 0.717) is 5.15 Å². The molecule has 0 spiro atoms. The zero-order valence-corrected chi connectivity index (χ0v) is 9.50. The molecule has 0 atom stereocenters. The standard InChI is InChI=1S/C11H16ClN3/c12-11-6-5-10(9-13-11)14-15-7-3-1-2-4-8-15/h5-6,9,14H,1-4,7-8H2. The van der Waals surface area contributed by atoms with Crippen molar-refractivity contribution in [2.75, 3.05) is 18.5 Å². The van der Waals surface area contributed by atoms with Gasteiger partial charge in [-0.05, 0) is 25.0 Å². The zero-order chi connectivity index (χ0) is 10.5. The fraction of sp³-hybridized carbons (Fsp3) is 0.545. The molecule has 2 rings (SSSR count). The molecule has 0 bridgehead atoms. The summed E-state index contributed by atoms with van der Waals surface area (Å²) in [5.74, 6) is 0. The Morgan fingerprint density at radius 1 is 1.13 bits per heavy atom. The van der Waals surface area contributed by atoms with E-state index >= 15 is 0 Å². The van der Waals surface area contributed by atoms with Gasteiger partial charge in [0.05, 0.1) is 11.9 Å². The molecule has 0 radical (unpaired) electrons. The van der Waals surface area contributed by atoms with Gasteiger partial charge in [0.2, 0.25) is 0 Å². The van der Waals surface area contributed by atoms with E-state index in [4.69, 9.17) is 11.6 Å². The molecule has 0 saturated carbocycles. The van der Waals surface area contributed by atoms with E-state index in [1.165, 1.54) is 25.7 Å². The highest BCUT2D eigenvalue weighted by Gasteiger charge is 2.08. The van der Waals surface area contributed by atoms with Gasteiger partial charge in [0.1, 0.15) is 5.15 Å². The van der Waals surface area contributed by atoms with Gasteiger partial charge in [-0.3, -0.25) is 0 Å². The summed E-state index contributed by atoms with van der Waals surface area (Å²) in [6.07, 6.45) is 7.00. The van der Waals surface area contributed by atoms with Crippen molar-refractivity contribution in [2.45, 2.75) is 25.7 Å². The van der Waals surface area contributed by atoms with E-state index < -0.39 is 0 Å². The van der Waals surface area contributed by atoms with Gasteiger partial charge in [-0.2, -0.15) is 0 Å². The Morgan fingerprint density at radius 2 is 1.87 bits per heavy atom. The molecule has 3 nitrogen and oxygen atoms in total. The molecule has 82 valence electrons. The van der Waals surface area contributed by atoms with Gasteiger partial charge in [-0.1, -0.05) is 24.4 Å². The molecule has 2 heterocycles. The van der Waals surface area contributed by atoms with Crippen LogP contribution in [-0.4, -0.2) is 23.1 Å². The van der Waals surface area contributed by atoms with E-state index in [0.717, 1.165) is 18.8 Å². The Morgan fingerprint density at radius 3 is 2.47 bits per heavy atom. The quantitative estimate of drug-likeness (QED) is 0.785. The van der Waals surface area contributed by atoms with Gasteiger partial charge >= 0.3 is 0 Å². The largest absolute Gasteiger partial charge is 0.317 e. The Labute approximate surface area is 95.4 Å². The summed E-state index contributed by atoms with van der Waals surface area (Å²) in [7, 11) is 0. The molecule has 0 unspecified atom stereocenters. The molecule has 1 aliphatic rings. The minimum absolute atomic E-state index is 0.538. The third kappa shape index (κ3) is 3.36. The first-order valence-corrected chi connectivity index (χ1v) is 5.85. The molecule has 1 aromatic rings. The Bertz CT molecular complexity index is 291. The van der Waals surface area contributed by atoms with E-state index in [-0.39, 0.29) is 0 Å². The number of hydrogen-bond donors (Lipinski definition) is 1. The Hall–Kier alpha value is -0.800. The summed E-state index contributed by atoms with van der Waals surface area (Å²) < 4.78 is 0. The summed E-state index contributed by atoms with van der Waals surface area (Å²) in [5.41, 5.74) is 4.38. The van der Waals surface area contributed by atoms with Crippen molar-refractivity contribution in [2.24, 2.45) is 0 Å². The molecule has 1 aromatic heterocycles. The predicted molar refractivity (Wildman–Crippen MR) is 62.9 cm³/mol. The third-order valence-electron chi connectivity index (χ3n) is 2.62. The van der Waals surface area contributed by atoms with Crippen LogP contribution in [0.25, 0.3) is 0 Å². The van der Waals surface area contributed by atoms with Crippen LogP contribution in [0, 0.1) is 0 Å². The van der Waals surface area contributed by atoms with Gasteiger partial charge in [0, 0.05) is 13.1 Å². The van der Waals surface area contributed by atoms with Crippen molar-refractivity contribution < 1.29 is 0 Å². The van der Waals surface area contributed by atoms with Gasteiger partial charge in [0.25, 0.3) is 0 Å². The molecule has 1 N–H and O–H groups in total. The first-order valence-electron chi connectivity index (χ1n) is 5.48. The smallest absolute Gasteiger partial charge is 0.129 e. The number of hydrazine groups is 1. The summed E-state index contributed by atoms with van der Waals surface area (Å²) in [6, 6.07) is 3.77. The Balaban J connectivity index is 1.92. The van der Waals surface area contributed by atoms with Crippen LogP contribution in [-0.2, 0) is 0 Å². The van der Waals surface area contributed by atoms with Crippen LogP contribution in [0.5, 0.6) is 0 Å². The van der Waals surface area contributed by atoms with Crippen LogP contribution >= 0.6 is 11.6 Å². The monoisotopic (exact) mass is 225 g/mol. The molecule has 1 aliphatic heterocycles. The van der Waals surface area contributed by atoms with Crippen molar-refractivity contribution in [3.63, 3.8) is 0 Å². The van der Waals surface area contributed by atoms with Crippen molar-refractivity contribution >= 4 is 17.3 Å². The predicted octanol–water partition coefficient (Wildman–Crippen LogP) is 2.94. The number of hydrogen-bond acceptors (Lipinski definition) is 3. The molecular formula is C11H16ClN3. The second-order valence-corrected chi connectivity index (χ2v) is 4.27. The normalized spacial score (nSPS) is 18.5. The number of rotatable bonds is 2. The number of halogens is 1. The average Bonchev–Trinajstić information content (AvgIpc) is 2.50. The van der Waals surface area contributed by atoms with E-state index in [9.17, 15) is 0 Å². The number of aromatic nitrogens is 1. The highest BCUT2D eigenvalue weighted by Crippen LogP contribution is 2.14. The van der Waals surface area contributed by atoms with E-state index in [2.05, 4.69) is 15.4 Å². The highest BCUT2D eigenvalue weighted by atomic mass is 35.5. The zero-order valence-electron chi connectivity index (χ0n) is 8.75. The molecule has 1 fully saturated rings. The van der Waals surface area contributed by atoms with Crippen LogP contribution in [0.3, 0.4) is 0 Å². The maximum Gasteiger partial charge on any atom is 0.129 e. The Kier molecular flexibility index (Phi) is 3.80. The molecular weight excluding hydrogens is 210 g/mol. The number of pyridine rings is 1. The minimum atomic E-state index is 0.538. The van der Waals surface area contributed by atoms with Crippen molar-refractivity contribution in [3.8, 4) is 0 Å². The fourth-order valence-corrected chi connectivity index (χ4v) is 1.92. The summed E-state index contributed by atoms with van der Waals surface area (Å²) in [4.78, 5) is 4.04. The van der Waals surface area contributed by atoms with Crippen LogP contribution in [0.1, 0.15) is 25.7 Å². The summed E-state index contributed by atoms with van der Waals surface area (Å²) in [5, 5.41) is 2.80. The second-order valence-electron chi connectivity index (χ2n) is 3.88. The maximum absolute atomic E-state index is 5.73. The molecule has 0 aliphatic carbocycles. The summed E-state index contributed by atoms with van der Waals surface area (Å²) in [6.45, 7) is 2.23. The first-order chi connectivity index (χ1) is 7.34. The van der Waals surface area contributed by atoms with Crippen molar-refractivity contribution in [1.29, 1.82) is 0 Å². The van der Waals surface area contributed by atoms with Crippen LogP contribution < -0.4 is 5.43 Å². The average molecular weight is 226 g/mol. The lowest BCUT2D eigenvalue weighted by Gasteiger charge is -2.21. The summed E-state index contributed by atoms with van der Waals surface area (Å²) >= 11 is 5.73. The van der Waals surface area contributed by atoms with E-state index in [1.54, 1.807) is 6.20 Å². The van der Waals surface area contributed by atoms with E-state index in [1.807, 2.05) is 12.1 Å². The lowest BCUT2D eigenvalue weighted by Crippen LogP contribution is -2.30. The van der Waals surface area contributed by atoms with Crippen molar-refractivity contribution in [1.82, 2.24) is 9.99 Å². The lowest BCUT2D eigenvalue weighted by atomic mass is 10.2. The number of nitrogens with one attached hydrogen (secondary N) is 1. The molecule has 0 aromatic carbocycles. The molecule has 1 saturated heterocycles. The molecule has 4 heteroatoms. The first kappa shape index (κ1) is 10.7. The van der Waals surface area contributed by atoms with Gasteiger partial charge in [0.15, 0.2) is 0 Å². The highest BCUT2D eigenvalue weighted by molar-refractivity contribution is 6.29. The topological polar surface area (TPSA) is 28.2 Å². The van der Waals surface area contributed by atoms with Gasteiger partial charge in [-0.15, -0.1) is 0 Å². The number of nitrogens with zero attached hydrogens (tertiary/aromatic N) is 2. The lowest BCUT2D eigenvalue weighted by molar-refractivity contribution is 0.343. The fourth-order valence-electron chi connectivity index (χ4n) is 1.81. The SMILES string of the molecule is Clc1ccc(NN2CCCCCC2)cn1. The van der Waals surface area contributed by atoms with Crippen molar-refractivity contribution in [3.05, 3.63) is 23.5 Å². The van der Waals surface area contributed by atoms with Crippen LogP contribution in [0.2, 0.25) is 5.15 Å². The minimum Gasteiger partial charge on any atom is -0.317 e. The molecule has 0 amide bonds. The van der Waals surface area contributed by atoms with Crippen LogP contribution in [0.4, 0.5) is 5.69 Å². The molecule has 15 heavy (non-hydrogen) atoms. The van der Waals surface area contributed by atoms with Gasteiger partial charge < -0.3 is 5.43 Å². The number of anilines is 1. The maximum atomic E-state index is 5.73. The third-order valence-corrected chi connectivity index (χ3v) is 2.84. The second kappa shape index (κ2) is 5.33. The van der Waals surface area contributed by atoms with Gasteiger partial charge in [-0.25, -0.2) is 9.99 Å².